The first kappa shape index (κ1) is 14.2. The molecule has 0 radical (unpaired) electrons. The predicted octanol–water partition coefficient (Wildman–Crippen LogP) is 2.29. The van der Waals surface area contributed by atoms with Gasteiger partial charge in [-0.05, 0) is 46.1 Å². The SMILES string of the molecule is CC/C=C(\C)C(=O)Cl.CN(C)C. The number of halogens is 1. The van der Waals surface area contributed by atoms with E-state index in [-0.39, 0.29) is 5.24 Å². The van der Waals surface area contributed by atoms with Crippen molar-refractivity contribution in [1.29, 1.82) is 0 Å². The molecule has 0 unspecified atom stereocenters. The molecule has 0 aliphatic rings. The summed E-state index contributed by atoms with van der Waals surface area (Å²) in [6.07, 6.45) is 2.67. The zero-order valence-electron chi connectivity index (χ0n) is 8.52. The van der Waals surface area contributed by atoms with E-state index in [9.17, 15) is 4.79 Å². The summed E-state index contributed by atoms with van der Waals surface area (Å²) in [5, 5.41) is -0.355. The first-order chi connectivity index (χ1) is 5.41. The number of rotatable bonds is 2. The second-order valence-corrected chi connectivity index (χ2v) is 3.25. The van der Waals surface area contributed by atoms with Crippen LogP contribution in [0.25, 0.3) is 0 Å². The van der Waals surface area contributed by atoms with Gasteiger partial charge in [-0.25, -0.2) is 0 Å². The van der Waals surface area contributed by atoms with Crippen molar-refractivity contribution in [3.05, 3.63) is 11.6 Å². The van der Waals surface area contributed by atoms with Gasteiger partial charge in [-0.3, -0.25) is 4.79 Å². The molecule has 0 atom stereocenters. The number of nitrogens with zero attached hydrogens (tertiary/aromatic N) is 1. The number of allylic oxidation sites excluding steroid dienone is 2. The van der Waals surface area contributed by atoms with Crippen molar-refractivity contribution in [2.45, 2.75) is 20.3 Å². The summed E-state index contributed by atoms with van der Waals surface area (Å²) in [5.74, 6) is 0. The summed E-state index contributed by atoms with van der Waals surface area (Å²) in [5.41, 5.74) is 0.633. The summed E-state index contributed by atoms with van der Waals surface area (Å²) in [6, 6.07) is 0. The van der Waals surface area contributed by atoms with Crippen LogP contribution in [0, 0.1) is 0 Å². The molecule has 0 saturated carbocycles. The molecular formula is C9H18ClNO. The first-order valence-electron chi connectivity index (χ1n) is 3.89. The Morgan fingerprint density at radius 3 is 1.83 bits per heavy atom. The van der Waals surface area contributed by atoms with Crippen LogP contribution in [0.1, 0.15) is 20.3 Å². The zero-order chi connectivity index (χ0) is 10.1. The Kier molecular flexibility index (Phi) is 10.4. The molecule has 0 aromatic carbocycles. The Hall–Kier alpha value is -0.340. The van der Waals surface area contributed by atoms with E-state index in [0.29, 0.717) is 5.57 Å². The lowest BCUT2D eigenvalue weighted by Gasteiger charge is -1.90. The first-order valence-corrected chi connectivity index (χ1v) is 4.27. The van der Waals surface area contributed by atoms with Gasteiger partial charge in [0.15, 0.2) is 0 Å². The van der Waals surface area contributed by atoms with Crippen molar-refractivity contribution in [2.75, 3.05) is 21.1 Å². The fourth-order valence-electron chi connectivity index (χ4n) is 0.386. The van der Waals surface area contributed by atoms with Crippen LogP contribution >= 0.6 is 11.6 Å². The molecular weight excluding hydrogens is 174 g/mol. The van der Waals surface area contributed by atoms with Crippen molar-refractivity contribution in [1.82, 2.24) is 4.90 Å². The fraction of sp³-hybridized carbons (Fsp3) is 0.667. The topological polar surface area (TPSA) is 20.3 Å². The standard InChI is InChI=1S/C6H9ClO.C3H9N/c1-3-4-5(2)6(7)8;1-4(2)3/h4H,3H2,1-2H3;1-3H3/b5-4+;. The Bertz CT molecular complexity index is 150. The van der Waals surface area contributed by atoms with Crippen LogP contribution in [0.4, 0.5) is 0 Å². The molecule has 0 aliphatic heterocycles. The summed E-state index contributed by atoms with van der Waals surface area (Å²) in [4.78, 5) is 12.2. The van der Waals surface area contributed by atoms with Gasteiger partial charge in [0.1, 0.15) is 0 Å². The fourth-order valence-corrected chi connectivity index (χ4v) is 0.464. The third-order valence-corrected chi connectivity index (χ3v) is 1.12. The molecule has 72 valence electrons. The maximum absolute atomic E-state index is 10.2. The molecule has 0 fully saturated rings. The van der Waals surface area contributed by atoms with Crippen LogP contribution in [0.2, 0.25) is 0 Å². The summed E-state index contributed by atoms with van der Waals surface area (Å²) in [7, 11) is 6.00. The van der Waals surface area contributed by atoms with Crippen LogP contribution in [0.15, 0.2) is 11.6 Å². The lowest BCUT2D eigenvalue weighted by atomic mass is 10.3. The van der Waals surface area contributed by atoms with Crippen LogP contribution in [-0.2, 0) is 4.79 Å². The highest BCUT2D eigenvalue weighted by Gasteiger charge is 1.94. The van der Waals surface area contributed by atoms with E-state index in [4.69, 9.17) is 11.6 Å². The van der Waals surface area contributed by atoms with Gasteiger partial charge in [-0.15, -0.1) is 0 Å². The third-order valence-electron chi connectivity index (χ3n) is 0.820. The second-order valence-electron chi connectivity index (χ2n) is 2.91. The van der Waals surface area contributed by atoms with E-state index >= 15 is 0 Å². The molecule has 12 heavy (non-hydrogen) atoms. The van der Waals surface area contributed by atoms with E-state index in [2.05, 4.69) is 0 Å². The molecule has 0 aliphatic carbocycles. The summed E-state index contributed by atoms with van der Waals surface area (Å²) in [6.45, 7) is 3.67. The van der Waals surface area contributed by atoms with E-state index < -0.39 is 0 Å². The molecule has 0 heterocycles. The molecule has 2 nitrogen and oxygen atoms in total. The van der Waals surface area contributed by atoms with Crippen molar-refractivity contribution in [3.8, 4) is 0 Å². The molecule has 0 aromatic rings. The van der Waals surface area contributed by atoms with Crippen LogP contribution < -0.4 is 0 Å². The number of hydrogen-bond donors (Lipinski definition) is 0. The lowest BCUT2D eigenvalue weighted by molar-refractivity contribution is -0.108. The van der Waals surface area contributed by atoms with Gasteiger partial charge >= 0.3 is 0 Å². The third kappa shape index (κ3) is 16.3. The van der Waals surface area contributed by atoms with Gasteiger partial charge < -0.3 is 4.90 Å². The monoisotopic (exact) mass is 191 g/mol. The second kappa shape index (κ2) is 8.75. The van der Waals surface area contributed by atoms with Crippen molar-refractivity contribution < 1.29 is 4.79 Å². The molecule has 0 N–H and O–H groups in total. The van der Waals surface area contributed by atoms with Gasteiger partial charge in [-0.2, -0.15) is 0 Å². The van der Waals surface area contributed by atoms with Crippen molar-refractivity contribution in [3.63, 3.8) is 0 Å². The maximum Gasteiger partial charge on any atom is 0.247 e. The minimum Gasteiger partial charge on any atom is -0.312 e. The average Bonchev–Trinajstić information content (AvgIpc) is 1.86. The largest absolute Gasteiger partial charge is 0.312 e. The quantitative estimate of drug-likeness (QED) is 0.493. The van der Waals surface area contributed by atoms with Crippen LogP contribution in [-0.4, -0.2) is 31.3 Å². The Morgan fingerprint density at radius 1 is 1.42 bits per heavy atom. The van der Waals surface area contributed by atoms with E-state index in [0.717, 1.165) is 6.42 Å². The van der Waals surface area contributed by atoms with E-state index in [1.807, 2.05) is 33.0 Å². The summed E-state index contributed by atoms with van der Waals surface area (Å²) < 4.78 is 0. The zero-order valence-corrected chi connectivity index (χ0v) is 9.27. The van der Waals surface area contributed by atoms with E-state index in [1.54, 1.807) is 13.0 Å². The molecule has 0 rings (SSSR count). The number of carbonyl (C=O) groups is 1. The molecule has 0 aromatic heterocycles. The highest BCUT2D eigenvalue weighted by molar-refractivity contribution is 6.67. The average molecular weight is 192 g/mol. The van der Waals surface area contributed by atoms with Crippen LogP contribution in [0.3, 0.4) is 0 Å². The van der Waals surface area contributed by atoms with Crippen molar-refractivity contribution >= 4 is 16.8 Å². The van der Waals surface area contributed by atoms with Gasteiger partial charge in [-0.1, -0.05) is 13.0 Å². The van der Waals surface area contributed by atoms with Gasteiger partial charge in [0.25, 0.3) is 0 Å². The predicted molar refractivity (Wildman–Crippen MR) is 54.5 cm³/mol. The Morgan fingerprint density at radius 2 is 1.75 bits per heavy atom. The highest BCUT2D eigenvalue weighted by atomic mass is 35.5. The normalized spacial score (nSPS) is 10.8. The molecule has 0 spiro atoms. The molecule has 3 heteroatoms. The Balaban J connectivity index is 0. The van der Waals surface area contributed by atoms with Gasteiger partial charge in [0, 0.05) is 5.57 Å². The lowest BCUT2D eigenvalue weighted by Crippen LogP contribution is -1.99. The van der Waals surface area contributed by atoms with Crippen LogP contribution in [0.5, 0.6) is 0 Å². The highest BCUT2D eigenvalue weighted by Crippen LogP contribution is 1.98. The number of carbonyl (C=O) groups excluding carboxylic acids is 1. The molecule has 0 amide bonds. The van der Waals surface area contributed by atoms with E-state index in [1.165, 1.54) is 0 Å². The Labute approximate surface area is 80.2 Å². The van der Waals surface area contributed by atoms with Gasteiger partial charge in [0.2, 0.25) is 5.24 Å². The molecule has 0 saturated heterocycles. The molecule has 0 bridgehead atoms. The maximum atomic E-state index is 10.2. The summed E-state index contributed by atoms with van der Waals surface area (Å²) >= 11 is 5.10. The van der Waals surface area contributed by atoms with Crippen molar-refractivity contribution in [2.24, 2.45) is 0 Å². The number of hydrogen-bond acceptors (Lipinski definition) is 2. The smallest absolute Gasteiger partial charge is 0.247 e. The van der Waals surface area contributed by atoms with Gasteiger partial charge in [0.05, 0.1) is 0 Å². The minimum absolute atomic E-state index is 0.355. The minimum atomic E-state index is -0.355.